The van der Waals surface area contributed by atoms with E-state index in [0.717, 1.165) is 17.7 Å². The van der Waals surface area contributed by atoms with Gasteiger partial charge in [-0.05, 0) is 60.6 Å². The predicted octanol–water partition coefficient (Wildman–Crippen LogP) is 3.77. The molecule has 3 nitrogen and oxygen atoms in total. The molecule has 1 atom stereocenters. The number of pyridine rings is 1. The number of carbonyl (C=O) groups is 1. The minimum absolute atomic E-state index is 0.0581. The molecule has 102 valence electrons. The minimum atomic E-state index is -0.0581. The van der Waals surface area contributed by atoms with Gasteiger partial charge in [0.15, 0.2) is 0 Å². The first-order valence-electron chi connectivity index (χ1n) is 7.08. The summed E-state index contributed by atoms with van der Waals surface area (Å²) in [5, 5.41) is 2.90. The Morgan fingerprint density at radius 3 is 2.85 bits per heavy atom. The van der Waals surface area contributed by atoms with Gasteiger partial charge in [0, 0.05) is 23.6 Å². The third kappa shape index (κ3) is 2.57. The molecule has 0 spiro atoms. The average molecular weight is 266 g/mol. The van der Waals surface area contributed by atoms with Crippen molar-refractivity contribution in [1.82, 2.24) is 4.98 Å². The Kier molecular flexibility index (Phi) is 3.50. The molecule has 0 fully saturated rings. The van der Waals surface area contributed by atoms with Gasteiger partial charge in [0.1, 0.15) is 0 Å². The number of nitrogens with one attached hydrogen (secondary N) is 1. The zero-order valence-corrected chi connectivity index (χ0v) is 11.6. The first kappa shape index (κ1) is 12.9. The van der Waals surface area contributed by atoms with Gasteiger partial charge < -0.3 is 5.32 Å². The molecular formula is C17H18N2O. The smallest absolute Gasteiger partial charge is 0.255 e. The maximum absolute atomic E-state index is 12.2. The van der Waals surface area contributed by atoms with Crippen molar-refractivity contribution in [3.8, 4) is 0 Å². The lowest BCUT2D eigenvalue weighted by atomic mass is 9.83. The summed E-state index contributed by atoms with van der Waals surface area (Å²) < 4.78 is 0. The number of hydrogen-bond acceptors (Lipinski definition) is 2. The van der Waals surface area contributed by atoms with Crippen molar-refractivity contribution in [3.63, 3.8) is 0 Å². The van der Waals surface area contributed by atoms with Crippen LogP contribution in [0.2, 0.25) is 0 Å². The van der Waals surface area contributed by atoms with E-state index in [9.17, 15) is 4.79 Å². The highest BCUT2D eigenvalue weighted by atomic mass is 16.1. The quantitative estimate of drug-likeness (QED) is 0.899. The molecule has 1 aliphatic carbocycles. The molecule has 1 heterocycles. The van der Waals surface area contributed by atoms with Crippen molar-refractivity contribution in [2.24, 2.45) is 0 Å². The Balaban J connectivity index is 1.82. The molecule has 3 rings (SSSR count). The Bertz CT molecular complexity index is 622. The van der Waals surface area contributed by atoms with E-state index in [1.807, 2.05) is 12.1 Å². The maximum atomic E-state index is 12.2. The molecule has 1 amide bonds. The molecule has 0 radical (unpaired) electrons. The van der Waals surface area contributed by atoms with Crippen LogP contribution in [0.1, 0.15) is 47.2 Å². The first-order chi connectivity index (χ1) is 9.74. The van der Waals surface area contributed by atoms with E-state index in [2.05, 4.69) is 23.3 Å². The largest absolute Gasteiger partial charge is 0.322 e. The zero-order chi connectivity index (χ0) is 13.9. The van der Waals surface area contributed by atoms with Crippen molar-refractivity contribution in [1.29, 1.82) is 0 Å². The van der Waals surface area contributed by atoms with Gasteiger partial charge >= 0.3 is 0 Å². The Labute approximate surface area is 119 Å². The molecule has 1 N–H and O–H groups in total. The molecule has 0 aliphatic heterocycles. The van der Waals surface area contributed by atoms with Gasteiger partial charge in [0.25, 0.3) is 5.91 Å². The van der Waals surface area contributed by atoms with E-state index in [1.165, 1.54) is 24.0 Å². The lowest BCUT2D eigenvalue weighted by Crippen LogP contribution is -2.14. The van der Waals surface area contributed by atoms with Crippen molar-refractivity contribution in [2.75, 3.05) is 5.32 Å². The summed E-state index contributed by atoms with van der Waals surface area (Å²) in [6.45, 7) is 2.26. The molecule has 1 aromatic carbocycles. The standard InChI is InChI=1S/C17H18N2O/c1-12-3-2-4-13-11-14(5-6-16(12)13)17(20)19-15-7-9-18-10-8-15/h5-12H,2-4H2,1H3,(H,18,19,20). The summed E-state index contributed by atoms with van der Waals surface area (Å²) in [5.41, 5.74) is 4.23. The molecule has 0 saturated heterocycles. The summed E-state index contributed by atoms with van der Waals surface area (Å²) in [5.74, 6) is 0.549. The second-order valence-corrected chi connectivity index (χ2v) is 5.40. The third-order valence-corrected chi connectivity index (χ3v) is 3.96. The number of anilines is 1. The number of rotatable bonds is 2. The Hall–Kier alpha value is -2.16. The zero-order valence-electron chi connectivity index (χ0n) is 11.6. The van der Waals surface area contributed by atoms with Crippen molar-refractivity contribution < 1.29 is 4.79 Å². The highest BCUT2D eigenvalue weighted by Gasteiger charge is 2.17. The SMILES string of the molecule is CC1CCCc2cc(C(=O)Nc3ccncc3)ccc21. The average Bonchev–Trinajstić information content (AvgIpc) is 2.48. The number of amides is 1. The first-order valence-corrected chi connectivity index (χ1v) is 7.08. The third-order valence-electron chi connectivity index (χ3n) is 3.96. The normalized spacial score (nSPS) is 17.4. The molecule has 1 aliphatic rings. The summed E-state index contributed by atoms with van der Waals surface area (Å²) in [4.78, 5) is 16.2. The van der Waals surface area contributed by atoms with Crippen molar-refractivity contribution in [3.05, 3.63) is 59.4 Å². The molecule has 2 aromatic rings. The van der Waals surface area contributed by atoms with E-state index in [1.54, 1.807) is 24.5 Å². The van der Waals surface area contributed by atoms with Gasteiger partial charge in [-0.1, -0.05) is 13.0 Å². The van der Waals surface area contributed by atoms with Gasteiger partial charge in [-0.2, -0.15) is 0 Å². The summed E-state index contributed by atoms with van der Waals surface area (Å²) in [7, 11) is 0. The number of aromatic nitrogens is 1. The van der Waals surface area contributed by atoms with Crippen LogP contribution in [-0.4, -0.2) is 10.9 Å². The molecular weight excluding hydrogens is 248 g/mol. The van der Waals surface area contributed by atoms with Gasteiger partial charge in [0.05, 0.1) is 0 Å². The fraction of sp³-hybridized carbons (Fsp3) is 0.294. The van der Waals surface area contributed by atoms with Crippen LogP contribution in [0.25, 0.3) is 0 Å². The predicted molar refractivity (Wildman–Crippen MR) is 80.0 cm³/mol. The number of nitrogens with zero attached hydrogens (tertiary/aromatic N) is 1. The molecule has 1 aromatic heterocycles. The van der Waals surface area contributed by atoms with Crippen LogP contribution in [0, 0.1) is 0 Å². The van der Waals surface area contributed by atoms with Crippen LogP contribution in [0.5, 0.6) is 0 Å². The van der Waals surface area contributed by atoms with Crippen LogP contribution >= 0.6 is 0 Å². The van der Waals surface area contributed by atoms with Crippen LogP contribution < -0.4 is 5.32 Å². The molecule has 20 heavy (non-hydrogen) atoms. The number of fused-ring (bicyclic) bond motifs is 1. The van der Waals surface area contributed by atoms with Gasteiger partial charge in [-0.15, -0.1) is 0 Å². The lowest BCUT2D eigenvalue weighted by Gasteiger charge is -2.22. The second-order valence-electron chi connectivity index (χ2n) is 5.40. The van der Waals surface area contributed by atoms with Crippen LogP contribution in [0.15, 0.2) is 42.7 Å². The minimum Gasteiger partial charge on any atom is -0.322 e. The van der Waals surface area contributed by atoms with Gasteiger partial charge in [0.2, 0.25) is 0 Å². The van der Waals surface area contributed by atoms with E-state index >= 15 is 0 Å². The second kappa shape index (κ2) is 5.45. The molecule has 0 saturated carbocycles. The summed E-state index contributed by atoms with van der Waals surface area (Å²) in [6, 6.07) is 9.66. The monoisotopic (exact) mass is 266 g/mol. The summed E-state index contributed by atoms with van der Waals surface area (Å²) >= 11 is 0. The topological polar surface area (TPSA) is 42.0 Å². The Morgan fingerprint density at radius 2 is 2.05 bits per heavy atom. The van der Waals surface area contributed by atoms with Crippen LogP contribution in [0.4, 0.5) is 5.69 Å². The van der Waals surface area contributed by atoms with E-state index in [-0.39, 0.29) is 5.91 Å². The number of aryl methyl sites for hydroxylation is 1. The number of benzene rings is 1. The lowest BCUT2D eigenvalue weighted by molar-refractivity contribution is 0.102. The van der Waals surface area contributed by atoms with Crippen LogP contribution in [-0.2, 0) is 6.42 Å². The summed E-state index contributed by atoms with van der Waals surface area (Å²) in [6.07, 6.45) is 6.88. The van der Waals surface area contributed by atoms with E-state index in [0.29, 0.717) is 5.92 Å². The number of carbonyl (C=O) groups excluding carboxylic acids is 1. The maximum Gasteiger partial charge on any atom is 0.255 e. The van der Waals surface area contributed by atoms with E-state index < -0.39 is 0 Å². The fourth-order valence-corrected chi connectivity index (χ4v) is 2.84. The molecule has 0 bridgehead atoms. The highest BCUT2D eigenvalue weighted by molar-refractivity contribution is 6.04. The Morgan fingerprint density at radius 1 is 1.25 bits per heavy atom. The van der Waals surface area contributed by atoms with Gasteiger partial charge in [-0.25, -0.2) is 0 Å². The van der Waals surface area contributed by atoms with Crippen molar-refractivity contribution in [2.45, 2.75) is 32.1 Å². The van der Waals surface area contributed by atoms with E-state index in [4.69, 9.17) is 0 Å². The van der Waals surface area contributed by atoms with Gasteiger partial charge in [-0.3, -0.25) is 9.78 Å². The molecule has 1 unspecified atom stereocenters. The van der Waals surface area contributed by atoms with Crippen LogP contribution in [0.3, 0.4) is 0 Å². The van der Waals surface area contributed by atoms with Crippen molar-refractivity contribution >= 4 is 11.6 Å². The highest BCUT2D eigenvalue weighted by Crippen LogP contribution is 2.31. The fourth-order valence-electron chi connectivity index (χ4n) is 2.84. The number of hydrogen-bond donors (Lipinski definition) is 1. The molecule has 3 heteroatoms.